The Morgan fingerprint density at radius 1 is 1.29 bits per heavy atom. The molecule has 1 atom stereocenters. The molecule has 0 spiro atoms. The summed E-state index contributed by atoms with van der Waals surface area (Å²) in [5.74, 6) is 0.292. The van der Waals surface area contributed by atoms with Gasteiger partial charge in [-0.1, -0.05) is 29.4 Å². The lowest BCUT2D eigenvalue weighted by Crippen LogP contribution is -2.37. The summed E-state index contributed by atoms with van der Waals surface area (Å²) in [6.45, 7) is 1.32. The fourth-order valence-corrected chi connectivity index (χ4v) is 3.65. The highest BCUT2D eigenvalue weighted by Gasteiger charge is 2.24. The molecule has 0 bridgehead atoms. The summed E-state index contributed by atoms with van der Waals surface area (Å²) in [4.78, 5) is 39.5. The number of ether oxygens (including phenoxy) is 1. The van der Waals surface area contributed by atoms with Gasteiger partial charge in [0.1, 0.15) is 12.9 Å². The second-order valence-corrected chi connectivity index (χ2v) is 7.39. The van der Waals surface area contributed by atoms with Crippen molar-refractivity contribution in [3.8, 4) is 0 Å². The van der Waals surface area contributed by atoms with Crippen molar-refractivity contribution in [2.75, 3.05) is 20.3 Å². The van der Waals surface area contributed by atoms with Crippen molar-refractivity contribution in [3.63, 3.8) is 0 Å². The van der Waals surface area contributed by atoms with E-state index in [0.717, 1.165) is 18.4 Å². The largest absolute Gasteiger partial charge is 0.399 e. The molecule has 2 heterocycles. The predicted octanol–water partition coefficient (Wildman–Crippen LogP) is 2.72. The first-order valence-electron chi connectivity index (χ1n) is 10.2. The lowest BCUT2D eigenvalue weighted by Gasteiger charge is -2.25. The van der Waals surface area contributed by atoms with Gasteiger partial charge in [-0.2, -0.15) is 0 Å². The van der Waals surface area contributed by atoms with Crippen LogP contribution in [0, 0.1) is 0 Å². The van der Waals surface area contributed by atoms with Crippen LogP contribution in [0.2, 0.25) is 0 Å². The molecule has 1 aromatic heterocycles. The Bertz CT molecular complexity index is 1130. The molecule has 1 unspecified atom stereocenters. The molecule has 160 valence electrons. The van der Waals surface area contributed by atoms with Gasteiger partial charge in [0.15, 0.2) is 0 Å². The topological polar surface area (TPSA) is 96.9 Å². The summed E-state index contributed by atoms with van der Waals surface area (Å²) in [5.41, 5.74) is 1.75. The molecule has 31 heavy (non-hydrogen) atoms. The Morgan fingerprint density at radius 3 is 2.84 bits per heavy atom. The number of amides is 1. The van der Waals surface area contributed by atoms with E-state index in [2.05, 4.69) is 20.0 Å². The fourth-order valence-electron chi connectivity index (χ4n) is 3.65. The van der Waals surface area contributed by atoms with E-state index in [-0.39, 0.29) is 24.1 Å². The van der Waals surface area contributed by atoms with E-state index in [1.165, 1.54) is 7.11 Å². The molecule has 1 aliphatic rings. The molecule has 1 aliphatic heterocycles. The Balaban J connectivity index is 1.60. The molecule has 1 amide bonds. The van der Waals surface area contributed by atoms with Crippen molar-refractivity contribution in [3.05, 3.63) is 75.8 Å². The lowest BCUT2D eigenvalue weighted by molar-refractivity contribution is 0.0501. The van der Waals surface area contributed by atoms with Gasteiger partial charge in [-0.15, -0.1) is 0 Å². The SMILES string of the molecule is CO/N=C/c1ccc(C(=O)N(Cc2nc3ccccc3c(=O)[nH]2)CC2CCCO2)cc1. The number of fused-ring (bicyclic) bond motifs is 1. The Labute approximate surface area is 179 Å². The van der Waals surface area contributed by atoms with Gasteiger partial charge in [-0.05, 0) is 42.7 Å². The second-order valence-electron chi connectivity index (χ2n) is 7.39. The highest BCUT2D eigenvalue weighted by molar-refractivity contribution is 5.95. The zero-order chi connectivity index (χ0) is 21.6. The number of carbonyl (C=O) groups excluding carboxylic acids is 1. The van der Waals surface area contributed by atoms with Crippen LogP contribution in [-0.4, -0.2) is 53.4 Å². The minimum absolute atomic E-state index is 0.0239. The molecule has 1 fully saturated rings. The highest BCUT2D eigenvalue weighted by atomic mass is 16.6. The van der Waals surface area contributed by atoms with Crippen LogP contribution in [0.4, 0.5) is 0 Å². The number of aromatic nitrogens is 2. The van der Waals surface area contributed by atoms with E-state index >= 15 is 0 Å². The van der Waals surface area contributed by atoms with Gasteiger partial charge in [0.05, 0.1) is 29.8 Å². The number of nitrogens with zero attached hydrogens (tertiary/aromatic N) is 3. The molecular formula is C23H24N4O4. The van der Waals surface area contributed by atoms with Crippen molar-refractivity contribution in [1.82, 2.24) is 14.9 Å². The molecule has 1 N–H and O–H groups in total. The van der Waals surface area contributed by atoms with Crippen molar-refractivity contribution in [2.24, 2.45) is 5.16 Å². The van der Waals surface area contributed by atoms with Crippen LogP contribution in [0.3, 0.4) is 0 Å². The van der Waals surface area contributed by atoms with Crippen molar-refractivity contribution < 1.29 is 14.4 Å². The van der Waals surface area contributed by atoms with E-state index in [9.17, 15) is 9.59 Å². The standard InChI is InChI=1S/C23H24N4O4/c1-30-24-13-16-8-10-17(11-9-16)23(29)27(14-18-5-4-12-31-18)15-21-25-20-7-3-2-6-19(20)22(28)26-21/h2-3,6-11,13,18H,4-5,12,14-15H2,1H3,(H,25,26,28)/b24-13+. The van der Waals surface area contributed by atoms with E-state index in [1.54, 1.807) is 53.6 Å². The van der Waals surface area contributed by atoms with Gasteiger partial charge in [0, 0.05) is 18.7 Å². The molecule has 1 saturated heterocycles. The van der Waals surface area contributed by atoms with Crippen molar-refractivity contribution >= 4 is 23.0 Å². The monoisotopic (exact) mass is 420 g/mol. The Morgan fingerprint density at radius 2 is 2.10 bits per heavy atom. The average Bonchev–Trinajstić information content (AvgIpc) is 3.30. The number of carbonyl (C=O) groups is 1. The fraction of sp³-hybridized carbons (Fsp3) is 0.304. The molecule has 4 rings (SSSR count). The highest BCUT2D eigenvalue weighted by Crippen LogP contribution is 2.17. The first kappa shape index (κ1) is 20.7. The maximum atomic E-state index is 13.3. The first-order valence-corrected chi connectivity index (χ1v) is 10.2. The lowest BCUT2D eigenvalue weighted by atomic mass is 10.1. The van der Waals surface area contributed by atoms with Gasteiger partial charge < -0.3 is 19.5 Å². The van der Waals surface area contributed by atoms with Gasteiger partial charge >= 0.3 is 0 Å². The van der Waals surface area contributed by atoms with E-state index < -0.39 is 0 Å². The molecule has 0 aliphatic carbocycles. The Hall–Kier alpha value is -3.52. The quantitative estimate of drug-likeness (QED) is 0.468. The van der Waals surface area contributed by atoms with Gasteiger partial charge in [0.2, 0.25) is 0 Å². The van der Waals surface area contributed by atoms with Crippen LogP contribution in [0.25, 0.3) is 10.9 Å². The maximum Gasteiger partial charge on any atom is 0.258 e. The number of H-pyrrole nitrogens is 1. The molecule has 0 saturated carbocycles. The number of aromatic amines is 1. The van der Waals surface area contributed by atoms with E-state index in [1.807, 2.05) is 6.07 Å². The zero-order valence-corrected chi connectivity index (χ0v) is 17.3. The summed E-state index contributed by atoms with van der Waals surface area (Å²) in [5, 5.41) is 4.25. The van der Waals surface area contributed by atoms with Gasteiger partial charge in [0.25, 0.3) is 11.5 Å². The van der Waals surface area contributed by atoms with Crippen LogP contribution < -0.4 is 5.56 Å². The third-order valence-electron chi connectivity index (χ3n) is 5.20. The summed E-state index contributed by atoms with van der Waals surface area (Å²) in [7, 11) is 1.47. The van der Waals surface area contributed by atoms with Crippen LogP contribution in [0.1, 0.15) is 34.6 Å². The van der Waals surface area contributed by atoms with E-state index in [4.69, 9.17) is 4.74 Å². The predicted molar refractivity (Wildman–Crippen MR) is 117 cm³/mol. The van der Waals surface area contributed by atoms with Gasteiger partial charge in [-0.25, -0.2) is 4.98 Å². The molecule has 2 aromatic carbocycles. The summed E-state index contributed by atoms with van der Waals surface area (Å²) in [6.07, 6.45) is 3.43. The number of hydrogen-bond acceptors (Lipinski definition) is 6. The molecule has 0 radical (unpaired) electrons. The number of hydrogen-bond donors (Lipinski definition) is 1. The zero-order valence-electron chi connectivity index (χ0n) is 17.3. The average molecular weight is 420 g/mol. The normalized spacial score (nSPS) is 16.1. The van der Waals surface area contributed by atoms with Crippen LogP contribution in [0.15, 0.2) is 58.5 Å². The number of rotatable bonds is 7. The van der Waals surface area contributed by atoms with E-state index in [0.29, 0.717) is 35.4 Å². The third kappa shape index (κ3) is 4.97. The number of benzene rings is 2. The summed E-state index contributed by atoms with van der Waals surface area (Å²) >= 11 is 0. The van der Waals surface area contributed by atoms with Crippen molar-refractivity contribution in [2.45, 2.75) is 25.5 Å². The number of nitrogens with one attached hydrogen (secondary N) is 1. The first-order chi connectivity index (χ1) is 15.1. The molecule has 3 aromatic rings. The molecule has 8 heteroatoms. The van der Waals surface area contributed by atoms with Crippen LogP contribution >= 0.6 is 0 Å². The van der Waals surface area contributed by atoms with Crippen LogP contribution in [-0.2, 0) is 16.1 Å². The number of para-hydroxylation sites is 1. The van der Waals surface area contributed by atoms with Gasteiger partial charge in [-0.3, -0.25) is 9.59 Å². The summed E-state index contributed by atoms with van der Waals surface area (Å²) < 4.78 is 5.75. The number of oxime groups is 1. The molecule has 8 nitrogen and oxygen atoms in total. The second kappa shape index (κ2) is 9.53. The minimum atomic E-state index is -0.216. The maximum absolute atomic E-state index is 13.3. The minimum Gasteiger partial charge on any atom is -0.399 e. The molecular weight excluding hydrogens is 396 g/mol. The summed E-state index contributed by atoms with van der Waals surface area (Å²) in [6, 6.07) is 14.3. The third-order valence-corrected chi connectivity index (χ3v) is 5.20. The van der Waals surface area contributed by atoms with Crippen molar-refractivity contribution in [1.29, 1.82) is 0 Å². The smallest absolute Gasteiger partial charge is 0.258 e. The van der Waals surface area contributed by atoms with Crippen LogP contribution in [0.5, 0.6) is 0 Å². The Kier molecular flexibility index (Phi) is 6.37.